The van der Waals surface area contributed by atoms with Gasteiger partial charge < -0.3 is 16.0 Å². The van der Waals surface area contributed by atoms with Gasteiger partial charge in [-0.05, 0) is 19.3 Å². The Morgan fingerprint density at radius 3 is 2.95 bits per heavy atom. The number of nitrogens with one attached hydrogen (secondary N) is 3. The zero-order chi connectivity index (χ0) is 15.1. The molecule has 120 valence electrons. The van der Waals surface area contributed by atoms with E-state index in [2.05, 4.69) is 22.9 Å². The Kier molecular flexibility index (Phi) is 6.67. The normalized spacial score (nSPS) is 27.1. The Hall–Kier alpha value is -0.910. The van der Waals surface area contributed by atoms with Crippen molar-refractivity contribution in [2.45, 2.75) is 69.2 Å². The number of fused-ring (bicyclic) bond motifs is 1. The quantitative estimate of drug-likeness (QED) is 0.450. The average Bonchev–Trinajstić information content (AvgIpc) is 2.99. The zero-order valence-corrected chi connectivity index (χ0v) is 13.6. The van der Waals surface area contributed by atoms with Crippen molar-refractivity contribution in [1.82, 2.24) is 16.0 Å². The Morgan fingerprint density at radius 1 is 1.29 bits per heavy atom. The van der Waals surface area contributed by atoms with E-state index in [-0.39, 0.29) is 18.0 Å². The molecule has 3 amide bonds. The topological polar surface area (TPSA) is 70.2 Å². The fourth-order valence-corrected chi connectivity index (χ4v) is 4.51. The predicted octanol–water partition coefficient (Wildman–Crippen LogP) is 2.02. The van der Waals surface area contributed by atoms with E-state index in [1.807, 2.05) is 11.8 Å². The van der Waals surface area contributed by atoms with E-state index >= 15 is 0 Å². The van der Waals surface area contributed by atoms with Crippen molar-refractivity contribution in [1.29, 1.82) is 0 Å². The lowest BCUT2D eigenvalue weighted by Crippen LogP contribution is -2.36. The van der Waals surface area contributed by atoms with Gasteiger partial charge in [-0.25, -0.2) is 4.79 Å². The van der Waals surface area contributed by atoms with Crippen LogP contribution in [0.5, 0.6) is 0 Å². The third-order valence-electron chi connectivity index (χ3n) is 4.18. The highest BCUT2D eigenvalue weighted by molar-refractivity contribution is 8.00. The minimum atomic E-state index is -0.0262. The number of urea groups is 1. The molecule has 6 heteroatoms. The number of rotatable bonds is 9. The van der Waals surface area contributed by atoms with Gasteiger partial charge in [0.1, 0.15) is 0 Å². The first-order chi connectivity index (χ1) is 10.2. The summed E-state index contributed by atoms with van der Waals surface area (Å²) in [5.41, 5.74) is 0. The van der Waals surface area contributed by atoms with Crippen molar-refractivity contribution < 1.29 is 9.59 Å². The van der Waals surface area contributed by atoms with Crippen molar-refractivity contribution in [3.05, 3.63) is 0 Å². The van der Waals surface area contributed by atoms with Crippen LogP contribution in [-0.2, 0) is 4.79 Å². The van der Waals surface area contributed by atoms with Crippen LogP contribution in [0.3, 0.4) is 0 Å². The van der Waals surface area contributed by atoms with Crippen LogP contribution in [0.1, 0.15) is 51.9 Å². The third kappa shape index (κ3) is 5.09. The lowest BCUT2D eigenvalue weighted by molar-refractivity contribution is -0.121. The Labute approximate surface area is 131 Å². The predicted molar refractivity (Wildman–Crippen MR) is 86.5 cm³/mol. The number of thioether (sulfide) groups is 1. The van der Waals surface area contributed by atoms with Gasteiger partial charge in [0.15, 0.2) is 0 Å². The highest BCUT2D eigenvalue weighted by Crippen LogP contribution is 2.33. The maximum Gasteiger partial charge on any atom is 0.315 e. The number of carbonyl (C=O) groups is 2. The number of amides is 3. The van der Waals surface area contributed by atoms with E-state index in [1.54, 1.807) is 0 Å². The molecular weight excluding hydrogens is 286 g/mol. The van der Waals surface area contributed by atoms with E-state index in [0.29, 0.717) is 17.7 Å². The number of hydrogen-bond donors (Lipinski definition) is 3. The first kappa shape index (κ1) is 16.5. The van der Waals surface area contributed by atoms with Gasteiger partial charge in [-0.3, -0.25) is 4.79 Å². The van der Waals surface area contributed by atoms with Gasteiger partial charge in [-0.15, -0.1) is 0 Å². The van der Waals surface area contributed by atoms with Crippen LogP contribution in [-0.4, -0.2) is 41.6 Å². The van der Waals surface area contributed by atoms with E-state index < -0.39 is 0 Å². The summed E-state index contributed by atoms with van der Waals surface area (Å²) in [6.07, 6.45) is 7.15. The van der Waals surface area contributed by atoms with Gasteiger partial charge >= 0.3 is 6.03 Å². The second-order valence-electron chi connectivity index (χ2n) is 5.92. The summed E-state index contributed by atoms with van der Waals surface area (Å²) in [6.45, 7) is 2.97. The summed E-state index contributed by atoms with van der Waals surface area (Å²) >= 11 is 1.94. The summed E-state index contributed by atoms with van der Waals surface area (Å²) in [4.78, 5) is 22.9. The molecule has 2 saturated heterocycles. The number of unbranched alkanes of at least 4 members (excludes halogenated alkanes) is 3. The molecule has 0 aliphatic carbocycles. The molecule has 2 heterocycles. The summed E-state index contributed by atoms with van der Waals surface area (Å²) < 4.78 is 0. The van der Waals surface area contributed by atoms with Crippen molar-refractivity contribution in [2.24, 2.45) is 0 Å². The maximum atomic E-state index is 11.6. The minimum absolute atomic E-state index is 0.0262. The largest absolute Gasteiger partial charge is 0.356 e. The van der Waals surface area contributed by atoms with E-state index in [1.165, 1.54) is 12.8 Å². The van der Waals surface area contributed by atoms with Gasteiger partial charge in [-0.2, -0.15) is 11.8 Å². The van der Waals surface area contributed by atoms with E-state index in [4.69, 9.17) is 0 Å². The molecule has 3 N–H and O–H groups in total. The second-order valence-corrected chi connectivity index (χ2v) is 7.20. The van der Waals surface area contributed by atoms with Gasteiger partial charge in [0.25, 0.3) is 0 Å². The van der Waals surface area contributed by atoms with Crippen molar-refractivity contribution >= 4 is 23.7 Å². The van der Waals surface area contributed by atoms with Crippen LogP contribution in [0, 0.1) is 0 Å². The molecule has 2 unspecified atom stereocenters. The Bertz CT molecular complexity index is 365. The fourth-order valence-electron chi connectivity index (χ4n) is 2.97. The highest BCUT2D eigenvalue weighted by atomic mass is 32.2. The molecule has 2 fully saturated rings. The molecule has 2 rings (SSSR count). The SMILES string of the molecule is CCCCCNC(=O)CCCC[C@@H]1SCC2NC(=O)NC21. The van der Waals surface area contributed by atoms with Crippen molar-refractivity contribution in [3.8, 4) is 0 Å². The molecule has 2 aliphatic heterocycles. The van der Waals surface area contributed by atoms with Crippen LogP contribution < -0.4 is 16.0 Å². The van der Waals surface area contributed by atoms with Gasteiger partial charge in [0.05, 0.1) is 12.1 Å². The molecule has 0 radical (unpaired) electrons. The summed E-state index contributed by atoms with van der Waals surface area (Å²) in [6, 6.07) is 0.557. The first-order valence-electron chi connectivity index (χ1n) is 8.16. The summed E-state index contributed by atoms with van der Waals surface area (Å²) in [5, 5.41) is 9.44. The highest BCUT2D eigenvalue weighted by Gasteiger charge is 2.42. The maximum absolute atomic E-state index is 11.6. The van der Waals surface area contributed by atoms with Gasteiger partial charge in [-0.1, -0.05) is 26.2 Å². The fraction of sp³-hybridized carbons (Fsp3) is 0.867. The molecule has 21 heavy (non-hydrogen) atoms. The van der Waals surface area contributed by atoms with Crippen LogP contribution in [0.2, 0.25) is 0 Å². The molecular formula is C15H27N3O2S. The van der Waals surface area contributed by atoms with Crippen LogP contribution in [0.25, 0.3) is 0 Å². The third-order valence-corrected chi connectivity index (χ3v) is 5.69. The van der Waals surface area contributed by atoms with Crippen LogP contribution in [0.15, 0.2) is 0 Å². The van der Waals surface area contributed by atoms with Gasteiger partial charge in [0, 0.05) is 24.0 Å². The standard InChI is InChI=1S/C15H27N3O2S/c1-2-3-6-9-16-13(19)8-5-4-7-12-14-11(10-21-12)17-15(20)18-14/h11-12,14H,2-10H2,1H3,(H,16,19)(H2,17,18,20)/t11?,12-,14?/m0/s1. The van der Waals surface area contributed by atoms with Crippen molar-refractivity contribution in [2.75, 3.05) is 12.3 Å². The molecule has 0 bridgehead atoms. The lowest BCUT2D eigenvalue weighted by Gasteiger charge is -2.16. The number of carbonyl (C=O) groups excluding carboxylic acids is 2. The number of hydrogen-bond acceptors (Lipinski definition) is 3. The Morgan fingerprint density at radius 2 is 2.14 bits per heavy atom. The molecule has 3 atom stereocenters. The summed E-state index contributed by atoms with van der Waals surface area (Å²) in [7, 11) is 0. The lowest BCUT2D eigenvalue weighted by atomic mass is 10.0. The Balaban J connectivity index is 1.52. The van der Waals surface area contributed by atoms with Gasteiger partial charge in [0.2, 0.25) is 5.91 Å². The minimum Gasteiger partial charge on any atom is -0.356 e. The second kappa shape index (κ2) is 8.51. The molecule has 0 aromatic rings. The molecule has 0 aromatic carbocycles. The average molecular weight is 313 g/mol. The molecule has 0 aromatic heterocycles. The molecule has 5 nitrogen and oxygen atoms in total. The first-order valence-corrected chi connectivity index (χ1v) is 9.21. The molecule has 2 aliphatic rings. The van der Waals surface area contributed by atoms with Crippen LogP contribution in [0.4, 0.5) is 4.79 Å². The van der Waals surface area contributed by atoms with Crippen LogP contribution >= 0.6 is 11.8 Å². The van der Waals surface area contributed by atoms with E-state index in [9.17, 15) is 9.59 Å². The van der Waals surface area contributed by atoms with Crippen molar-refractivity contribution in [3.63, 3.8) is 0 Å². The van der Waals surface area contributed by atoms with E-state index in [0.717, 1.165) is 38.0 Å². The summed E-state index contributed by atoms with van der Waals surface area (Å²) in [5.74, 6) is 1.19. The molecule has 0 saturated carbocycles. The smallest absolute Gasteiger partial charge is 0.315 e. The zero-order valence-electron chi connectivity index (χ0n) is 12.8. The monoisotopic (exact) mass is 313 g/mol. The molecule has 0 spiro atoms.